The highest BCUT2D eigenvalue weighted by Crippen LogP contribution is 2.39. The van der Waals surface area contributed by atoms with E-state index in [0.717, 1.165) is 42.1 Å². The summed E-state index contributed by atoms with van der Waals surface area (Å²) in [5.41, 5.74) is 1.91. The Hall–Kier alpha value is -2.28. The van der Waals surface area contributed by atoms with E-state index in [-0.39, 0.29) is 12.1 Å². The van der Waals surface area contributed by atoms with Crippen molar-refractivity contribution in [1.29, 1.82) is 0 Å². The zero-order valence-electron chi connectivity index (χ0n) is 14.0. The number of benzene rings is 1. The molecule has 0 bridgehead atoms. The number of methoxy groups -OCH3 is 2. The molecule has 1 aliphatic heterocycles. The van der Waals surface area contributed by atoms with E-state index in [4.69, 9.17) is 9.47 Å². The maximum atomic E-state index is 12.6. The lowest BCUT2D eigenvalue weighted by molar-refractivity contribution is 0.206. The molecule has 1 aromatic carbocycles. The molecule has 7 heteroatoms. The Morgan fingerprint density at radius 3 is 2.88 bits per heavy atom. The normalized spacial score (nSPS) is 17.0. The topological polar surface area (TPSA) is 63.7 Å². The van der Waals surface area contributed by atoms with Gasteiger partial charge in [0, 0.05) is 23.6 Å². The van der Waals surface area contributed by atoms with Crippen LogP contribution in [0.1, 0.15) is 30.1 Å². The van der Waals surface area contributed by atoms with Gasteiger partial charge < -0.3 is 14.4 Å². The second-order valence-electron chi connectivity index (χ2n) is 5.68. The number of amides is 2. The van der Waals surface area contributed by atoms with Crippen molar-refractivity contribution in [2.45, 2.75) is 25.8 Å². The van der Waals surface area contributed by atoms with Crippen LogP contribution in [0.3, 0.4) is 0 Å². The van der Waals surface area contributed by atoms with Crippen LogP contribution in [0.5, 0.6) is 11.5 Å². The van der Waals surface area contributed by atoms with Gasteiger partial charge in [0.15, 0.2) is 5.13 Å². The molecule has 1 N–H and O–H groups in total. The highest BCUT2D eigenvalue weighted by molar-refractivity contribution is 7.13. The van der Waals surface area contributed by atoms with E-state index in [2.05, 4.69) is 10.3 Å². The number of urea groups is 1. The summed E-state index contributed by atoms with van der Waals surface area (Å²) in [4.78, 5) is 18.8. The van der Waals surface area contributed by atoms with Gasteiger partial charge >= 0.3 is 6.03 Å². The Morgan fingerprint density at radius 2 is 2.21 bits per heavy atom. The summed E-state index contributed by atoms with van der Waals surface area (Å²) >= 11 is 1.44. The van der Waals surface area contributed by atoms with E-state index in [1.165, 1.54) is 11.3 Å². The fourth-order valence-corrected chi connectivity index (χ4v) is 3.68. The van der Waals surface area contributed by atoms with Crippen molar-refractivity contribution in [2.24, 2.45) is 0 Å². The van der Waals surface area contributed by atoms with Crippen LogP contribution in [-0.4, -0.2) is 36.7 Å². The summed E-state index contributed by atoms with van der Waals surface area (Å²) < 4.78 is 10.8. The van der Waals surface area contributed by atoms with Gasteiger partial charge in [-0.3, -0.25) is 5.32 Å². The van der Waals surface area contributed by atoms with Crippen molar-refractivity contribution in [1.82, 2.24) is 9.88 Å². The minimum Gasteiger partial charge on any atom is -0.497 e. The van der Waals surface area contributed by atoms with Gasteiger partial charge in [-0.1, -0.05) is 0 Å². The number of thiazole rings is 1. The number of anilines is 1. The Labute approximate surface area is 145 Å². The van der Waals surface area contributed by atoms with Gasteiger partial charge in [-0.05, 0) is 31.9 Å². The van der Waals surface area contributed by atoms with Crippen molar-refractivity contribution in [3.63, 3.8) is 0 Å². The first-order valence-electron chi connectivity index (χ1n) is 7.84. The molecule has 0 radical (unpaired) electrons. The molecule has 3 rings (SSSR count). The van der Waals surface area contributed by atoms with Gasteiger partial charge in [-0.25, -0.2) is 9.78 Å². The lowest BCUT2D eigenvalue weighted by Gasteiger charge is -2.26. The number of nitrogens with one attached hydrogen (secondary N) is 1. The second-order valence-corrected chi connectivity index (χ2v) is 6.54. The quantitative estimate of drug-likeness (QED) is 0.913. The maximum absolute atomic E-state index is 12.6. The number of rotatable bonds is 4. The highest BCUT2D eigenvalue weighted by atomic mass is 32.1. The van der Waals surface area contributed by atoms with E-state index in [9.17, 15) is 4.79 Å². The van der Waals surface area contributed by atoms with Crippen molar-refractivity contribution < 1.29 is 14.3 Å². The van der Waals surface area contributed by atoms with Crippen LogP contribution in [0.15, 0.2) is 23.6 Å². The monoisotopic (exact) mass is 347 g/mol. The number of nitrogens with zero attached hydrogens (tertiary/aromatic N) is 2. The van der Waals surface area contributed by atoms with E-state index in [1.807, 2.05) is 35.4 Å². The zero-order chi connectivity index (χ0) is 17.1. The smallest absolute Gasteiger partial charge is 0.324 e. The summed E-state index contributed by atoms with van der Waals surface area (Å²) in [5.74, 6) is 1.48. The van der Waals surface area contributed by atoms with Crippen molar-refractivity contribution in [3.8, 4) is 11.5 Å². The predicted octanol–water partition coefficient (Wildman–Crippen LogP) is 3.84. The largest absolute Gasteiger partial charge is 0.497 e. The van der Waals surface area contributed by atoms with Gasteiger partial charge in [-0.15, -0.1) is 11.3 Å². The van der Waals surface area contributed by atoms with Gasteiger partial charge in [0.05, 0.1) is 26.0 Å². The Bertz CT molecular complexity index is 732. The molecule has 1 atom stereocenters. The van der Waals surface area contributed by atoms with Crippen LogP contribution in [0.25, 0.3) is 0 Å². The summed E-state index contributed by atoms with van der Waals surface area (Å²) in [6.07, 6.45) is 1.87. The van der Waals surface area contributed by atoms with Crippen molar-refractivity contribution >= 4 is 22.5 Å². The van der Waals surface area contributed by atoms with Gasteiger partial charge in [0.1, 0.15) is 11.5 Å². The molecule has 0 saturated carbocycles. The molecular weight excluding hydrogens is 326 g/mol. The molecule has 2 amide bonds. The number of carbonyl (C=O) groups is 1. The summed E-state index contributed by atoms with van der Waals surface area (Å²) in [6, 6.07) is 5.60. The van der Waals surface area contributed by atoms with Crippen LogP contribution in [0.2, 0.25) is 0 Å². The number of aromatic nitrogens is 1. The third-order valence-corrected chi connectivity index (χ3v) is 5.02. The summed E-state index contributed by atoms with van der Waals surface area (Å²) in [6.45, 7) is 2.63. The van der Waals surface area contributed by atoms with Gasteiger partial charge in [0.25, 0.3) is 0 Å². The standard InChI is InChI=1S/C17H21N3O3S/c1-11-10-24-16(18-11)19-17(21)20-8-4-5-14(20)13-7-6-12(22-2)9-15(13)23-3/h6-7,9-10,14H,4-5,8H2,1-3H3,(H,18,19,21)/t14-/m1/s1. The molecule has 2 aromatic rings. The number of likely N-dealkylation sites (tertiary alicyclic amines) is 1. The van der Waals surface area contributed by atoms with Crippen LogP contribution in [0.4, 0.5) is 9.93 Å². The second kappa shape index (κ2) is 7.09. The fourth-order valence-electron chi connectivity index (χ4n) is 3.00. The van der Waals surface area contributed by atoms with Crippen LogP contribution >= 0.6 is 11.3 Å². The van der Waals surface area contributed by atoms with E-state index < -0.39 is 0 Å². The van der Waals surface area contributed by atoms with Crippen LogP contribution in [-0.2, 0) is 0 Å². The Morgan fingerprint density at radius 1 is 1.38 bits per heavy atom. The third-order valence-electron chi connectivity index (χ3n) is 4.15. The number of carbonyl (C=O) groups excluding carboxylic acids is 1. The number of ether oxygens (including phenoxy) is 2. The SMILES string of the molecule is COc1ccc([C@H]2CCCN2C(=O)Nc2nc(C)cs2)c(OC)c1. The van der Waals surface area contributed by atoms with Crippen LogP contribution in [0, 0.1) is 6.92 Å². The molecule has 1 saturated heterocycles. The Kier molecular flexibility index (Phi) is 4.89. The third kappa shape index (κ3) is 3.31. The minimum absolute atomic E-state index is 0.00749. The van der Waals surface area contributed by atoms with Crippen LogP contribution < -0.4 is 14.8 Å². The summed E-state index contributed by atoms with van der Waals surface area (Å²) in [7, 11) is 3.26. The molecule has 1 aromatic heterocycles. The van der Waals surface area contributed by atoms with E-state index in [1.54, 1.807) is 14.2 Å². The number of hydrogen-bond acceptors (Lipinski definition) is 5. The van der Waals surface area contributed by atoms with E-state index in [0.29, 0.717) is 5.13 Å². The van der Waals surface area contributed by atoms with Crippen molar-refractivity contribution in [3.05, 3.63) is 34.8 Å². The maximum Gasteiger partial charge on any atom is 0.324 e. The van der Waals surface area contributed by atoms with Crippen molar-refractivity contribution in [2.75, 3.05) is 26.1 Å². The number of aryl methyl sites for hydroxylation is 1. The molecule has 0 spiro atoms. The molecule has 24 heavy (non-hydrogen) atoms. The first-order valence-corrected chi connectivity index (χ1v) is 8.72. The fraction of sp³-hybridized carbons (Fsp3) is 0.412. The molecule has 1 aliphatic rings. The number of hydrogen-bond donors (Lipinski definition) is 1. The Balaban J connectivity index is 1.81. The predicted molar refractivity (Wildman–Crippen MR) is 94.1 cm³/mol. The highest BCUT2D eigenvalue weighted by Gasteiger charge is 2.32. The average Bonchev–Trinajstić information content (AvgIpc) is 3.23. The molecular formula is C17H21N3O3S. The lowest BCUT2D eigenvalue weighted by Crippen LogP contribution is -2.34. The minimum atomic E-state index is -0.121. The first-order chi connectivity index (χ1) is 11.6. The molecule has 128 valence electrons. The van der Waals surface area contributed by atoms with Gasteiger partial charge in [-0.2, -0.15) is 0 Å². The average molecular weight is 347 g/mol. The molecule has 1 fully saturated rings. The lowest BCUT2D eigenvalue weighted by atomic mass is 10.0. The molecule has 0 unspecified atom stereocenters. The first kappa shape index (κ1) is 16.6. The molecule has 2 heterocycles. The van der Waals surface area contributed by atoms with E-state index >= 15 is 0 Å². The molecule has 6 nitrogen and oxygen atoms in total. The van der Waals surface area contributed by atoms with Gasteiger partial charge in [0.2, 0.25) is 0 Å². The molecule has 0 aliphatic carbocycles. The summed E-state index contributed by atoms with van der Waals surface area (Å²) in [5, 5.41) is 5.44. The zero-order valence-corrected chi connectivity index (χ0v) is 14.9.